The van der Waals surface area contributed by atoms with Gasteiger partial charge in [0.2, 0.25) is 0 Å². The molecule has 2 fully saturated rings. The topological polar surface area (TPSA) is 28.2 Å². The summed E-state index contributed by atoms with van der Waals surface area (Å²) in [5.41, 5.74) is 2.78. The van der Waals surface area contributed by atoms with Crippen molar-refractivity contribution in [3.63, 3.8) is 0 Å². The van der Waals surface area contributed by atoms with Gasteiger partial charge in [-0.2, -0.15) is 0 Å². The molecule has 3 nitrogen and oxygen atoms in total. The molecule has 2 unspecified atom stereocenters. The molecule has 0 aliphatic carbocycles. The van der Waals surface area contributed by atoms with Gasteiger partial charge in [0.05, 0.1) is 0 Å². The Balaban J connectivity index is 1.69. The molecule has 1 N–H and O–H groups in total. The van der Waals surface area contributed by atoms with Gasteiger partial charge < -0.3 is 5.32 Å². The summed E-state index contributed by atoms with van der Waals surface area (Å²) in [5.74, 6) is 0. The Kier molecular flexibility index (Phi) is 3.85. The Morgan fingerprint density at radius 3 is 2.68 bits per heavy atom. The van der Waals surface area contributed by atoms with Crippen molar-refractivity contribution >= 4 is 0 Å². The molecular weight excluding hydrogens is 234 g/mol. The van der Waals surface area contributed by atoms with Crippen LogP contribution in [0.4, 0.5) is 0 Å². The van der Waals surface area contributed by atoms with Gasteiger partial charge in [0.25, 0.3) is 0 Å². The van der Waals surface area contributed by atoms with Crippen molar-refractivity contribution in [1.82, 2.24) is 15.2 Å². The van der Waals surface area contributed by atoms with Gasteiger partial charge in [0, 0.05) is 37.1 Å². The fourth-order valence-corrected chi connectivity index (χ4v) is 3.86. The second kappa shape index (κ2) is 5.59. The van der Waals surface area contributed by atoms with Crippen LogP contribution in [-0.2, 0) is 6.54 Å². The van der Waals surface area contributed by atoms with Gasteiger partial charge in [-0.25, -0.2) is 0 Å². The van der Waals surface area contributed by atoms with Crippen LogP contribution in [0.1, 0.15) is 43.7 Å². The Bertz CT molecular complexity index is 418. The number of hydrogen-bond acceptors (Lipinski definition) is 3. The minimum absolute atomic E-state index is 0.747. The van der Waals surface area contributed by atoms with Gasteiger partial charge >= 0.3 is 0 Å². The van der Waals surface area contributed by atoms with Gasteiger partial charge in [-0.1, -0.05) is 6.92 Å². The fourth-order valence-electron chi connectivity index (χ4n) is 3.86. The number of nitrogens with zero attached hydrogens (tertiary/aromatic N) is 2. The van der Waals surface area contributed by atoms with Crippen molar-refractivity contribution < 1.29 is 0 Å². The highest BCUT2D eigenvalue weighted by Gasteiger charge is 2.40. The summed E-state index contributed by atoms with van der Waals surface area (Å²) in [6.45, 7) is 6.61. The molecular formula is C16H25N3. The quantitative estimate of drug-likeness (QED) is 0.900. The number of piperidine rings is 1. The highest BCUT2D eigenvalue weighted by atomic mass is 15.2. The molecule has 3 heteroatoms. The SMILES string of the molecule is CCNC1CC2CCC(C1)N2Cc1ccncc1C. The lowest BCUT2D eigenvalue weighted by molar-refractivity contribution is 0.109. The van der Waals surface area contributed by atoms with Crippen molar-refractivity contribution in [2.45, 2.75) is 64.2 Å². The predicted octanol–water partition coefficient (Wildman–Crippen LogP) is 2.49. The van der Waals surface area contributed by atoms with E-state index in [1.54, 1.807) is 0 Å². The minimum atomic E-state index is 0.747. The van der Waals surface area contributed by atoms with E-state index in [4.69, 9.17) is 0 Å². The average Bonchev–Trinajstić information content (AvgIpc) is 2.64. The summed E-state index contributed by atoms with van der Waals surface area (Å²) in [7, 11) is 0. The minimum Gasteiger partial charge on any atom is -0.314 e. The normalized spacial score (nSPS) is 30.7. The monoisotopic (exact) mass is 259 g/mol. The summed E-state index contributed by atoms with van der Waals surface area (Å²) < 4.78 is 0. The van der Waals surface area contributed by atoms with E-state index in [1.165, 1.54) is 36.8 Å². The van der Waals surface area contributed by atoms with Crippen molar-refractivity contribution in [2.75, 3.05) is 6.54 Å². The van der Waals surface area contributed by atoms with Crippen LogP contribution < -0.4 is 5.32 Å². The smallest absolute Gasteiger partial charge is 0.0300 e. The molecule has 19 heavy (non-hydrogen) atoms. The Morgan fingerprint density at radius 2 is 2.05 bits per heavy atom. The molecule has 1 aromatic heterocycles. The maximum Gasteiger partial charge on any atom is 0.0300 e. The van der Waals surface area contributed by atoms with Gasteiger partial charge in [-0.15, -0.1) is 0 Å². The maximum absolute atomic E-state index is 4.20. The molecule has 2 saturated heterocycles. The lowest BCUT2D eigenvalue weighted by Gasteiger charge is -2.39. The average molecular weight is 259 g/mol. The molecule has 2 aliphatic heterocycles. The molecule has 3 heterocycles. The van der Waals surface area contributed by atoms with E-state index in [0.717, 1.165) is 31.2 Å². The third-order valence-electron chi connectivity index (χ3n) is 4.87. The molecule has 104 valence electrons. The largest absolute Gasteiger partial charge is 0.314 e. The van der Waals surface area contributed by atoms with Crippen molar-refractivity contribution in [1.29, 1.82) is 0 Å². The van der Waals surface area contributed by atoms with Gasteiger partial charge in [0.1, 0.15) is 0 Å². The summed E-state index contributed by atoms with van der Waals surface area (Å²) in [6, 6.07) is 4.51. The molecule has 0 amide bonds. The van der Waals surface area contributed by atoms with E-state index in [9.17, 15) is 0 Å². The highest BCUT2D eigenvalue weighted by molar-refractivity contribution is 5.22. The molecule has 3 rings (SSSR count). The van der Waals surface area contributed by atoms with Crippen LogP contribution in [0.25, 0.3) is 0 Å². The van der Waals surface area contributed by atoms with Crippen LogP contribution in [0.15, 0.2) is 18.5 Å². The predicted molar refractivity (Wildman–Crippen MR) is 78.0 cm³/mol. The number of hydrogen-bond donors (Lipinski definition) is 1. The van der Waals surface area contributed by atoms with Crippen LogP contribution in [0.2, 0.25) is 0 Å². The van der Waals surface area contributed by atoms with Gasteiger partial charge in [-0.3, -0.25) is 9.88 Å². The number of aryl methyl sites for hydroxylation is 1. The van der Waals surface area contributed by atoms with Crippen LogP contribution in [0, 0.1) is 6.92 Å². The molecule has 0 saturated carbocycles. The molecule has 2 atom stereocenters. The number of aromatic nitrogens is 1. The van der Waals surface area contributed by atoms with Crippen LogP contribution in [0.3, 0.4) is 0 Å². The first-order valence-corrected chi connectivity index (χ1v) is 7.66. The van der Waals surface area contributed by atoms with E-state index < -0.39 is 0 Å². The maximum atomic E-state index is 4.20. The Morgan fingerprint density at radius 1 is 1.32 bits per heavy atom. The highest BCUT2D eigenvalue weighted by Crippen LogP contribution is 2.37. The summed E-state index contributed by atoms with van der Waals surface area (Å²) in [4.78, 5) is 6.95. The summed E-state index contributed by atoms with van der Waals surface area (Å²) in [6.07, 6.45) is 9.34. The lowest BCUT2D eigenvalue weighted by Crippen LogP contribution is -2.48. The van der Waals surface area contributed by atoms with E-state index >= 15 is 0 Å². The third-order valence-corrected chi connectivity index (χ3v) is 4.87. The molecule has 2 bridgehead atoms. The second-order valence-electron chi connectivity index (χ2n) is 6.09. The number of pyridine rings is 1. The number of nitrogens with one attached hydrogen (secondary N) is 1. The standard InChI is InChI=1S/C16H25N3/c1-3-18-14-8-15-4-5-16(9-14)19(15)11-13-6-7-17-10-12(13)2/h6-7,10,14-16,18H,3-5,8-9,11H2,1-2H3. The van der Waals surface area contributed by atoms with Crippen molar-refractivity contribution in [3.8, 4) is 0 Å². The van der Waals surface area contributed by atoms with E-state index in [1.807, 2.05) is 12.4 Å². The molecule has 0 aromatic carbocycles. The zero-order valence-corrected chi connectivity index (χ0v) is 12.1. The molecule has 1 aromatic rings. The second-order valence-corrected chi connectivity index (χ2v) is 6.09. The zero-order chi connectivity index (χ0) is 13.2. The summed E-state index contributed by atoms with van der Waals surface area (Å²) in [5, 5.41) is 3.64. The summed E-state index contributed by atoms with van der Waals surface area (Å²) >= 11 is 0. The molecule has 0 spiro atoms. The first-order valence-electron chi connectivity index (χ1n) is 7.66. The van der Waals surface area contributed by atoms with Gasteiger partial charge in [0.15, 0.2) is 0 Å². The van der Waals surface area contributed by atoms with Crippen molar-refractivity contribution in [3.05, 3.63) is 29.6 Å². The van der Waals surface area contributed by atoms with E-state index in [2.05, 4.69) is 35.1 Å². The Labute approximate surface area is 116 Å². The van der Waals surface area contributed by atoms with Crippen LogP contribution in [-0.4, -0.2) is 34.6 Å². The van der Waals surface area contributed by atoms with Crippen LogP contribution >= 0.6 is 0 Å². The Hall–Kier alpha value is -0.930. The van der Waals surface area contributed by atoms with E-state index in [0.29, 0.717) is 0 Å². The van der Waals surface area contributed by atoms with Crippen molar-refractivity contribution in [2.24, 2.45) is 0 Å². The molecule has 0 radical (unpaired) electrons. The van der Waals surface area contributed by atoms with Crippen LogP contribution in [0.5, 0.6) is 0 Å². The zero-order valence-electron chi connectivity index (χ0n) is 12.1. The molecule has 2 aliphatic rings. The fraction of sp³-hybridized carbons (Fsp3) is 0.688. The first kappa shape index (κ1) is 13.1. The van der Waals surface area contributed by atoms with Gasteiger partial charge in [-0.05, 0) is 56.3 Å². The number of fused-ring (bicyclic) bond motifs is 2. The number of rotatable bonds is 4. The lowest BCUT2D eigenvalue weighted by atomic mass is 9.96. The van der Waals surface area contributed by atoms with E-state index in [-0.39, 0.29) is 0 Å². The third kappa shape index (κ3) is 2.67. The first-order chi connectivity index (χ1) is 9.28.